The number of nitrogens with one attached hydrogen (secondary N) is 1. The molecule has 1 aliphatic carbocycles. The highest BCUT2D eigenvalue weighted by atomic mass is 16.4. The van der Waals surface area contributed by atoms with Crippen LogP contribution < -0.4 is 5.32 Å². The monoisotopic (exact) mass is 444 g/mol. The molecule has 1 aliphatic heterocycles. The predicted octanol–water partition coefficient (Wildman–Crippen LogP) is 2.85. The normalized spacial score (nSPS) is 17.3. The van der Waals surface area contributed by atoms with E-state index < -0.39 is 5.97 Å². The third kappa shape index (κ3) is 4.24. The number of benzene rings is 2. The Morgan fingerprint density at radius 3 is 2.55 bits per heavy atom. The van der Waals surface area contributed by atoms with Crippen LogP contribution in [0.1, 0.15) is 56.7 Å². The Balaban J connectivity index is 1.38. The van der Waals surface area contributed by atoms with E-state index in [9.17, 15) is 14.4 Å². The van der Waals surface area contributed by atoms with E-state index in [1.54, 1.807) is 18.3 Å². The van der Waals surface area contributed by atoms with Crippen molar-refractivity contribution in [2.75, 3.05) is 6.54 Å². The Kier molecular flexibility index (Phi) is 5.42. The molecule has 1 atom stereocenters. The van der Waals surface area contributed by atoms with Crippen LogP contribution in [0.5, 0.6) is 0 Å². The summed E-state index contributed by atoms with van der Waals surface area (Å²) in [6, 6.07) is 15.9. The van der Waals surface area contributed by atoms with Gasteiger partial charge in [0.2, 0.25) is 5.91 Å². The molecule has 2 aromatic carbocycles. The molecule has 2 aliphatic rings. The molecule has 1 unspecified atom stereocenters. The predicted molar refractivity (Wildman–Crippen MR) is 120 cm³/mol. The van der Waals surface area contributed by atoms with Crippen molar-refractivity contribution in [2.24, 2.45) is 5.92 Å². The molecule has 5 rings (SSSR count). The van der Waals surface area contributed by atoms with Gasteiger partial charge in [0.1, 0.15) is 17.6 Å². The van der Waals surface area contributed by atoms with Crippen LogP contribution >= 0.6 is 0 Å². The summed E-state index contributed by atoms with van der Waals surface area (Å²) in [5.41, 5.74) is 2.11. The zero-order valence-electron chi connectivity index (χ0n) is 18.0. The van der Waals surface area contributed by atoms with E-state index >= 15 is 0 Å². The molecule has 0 radical (unpaired) electrons. The van der Waals surface area contributed by atoms with Gasteiger partial charge in [-0.05, 0) is 36.1 Å². The van der Waals surface area contributed by atoms with Crippen molar-refractivity contribution in [1.82, 2.24) is 19.8 Å². The zero-order chi connectivity index (χ0) is 22.9. The lowest BCUT2D eigenvalue weighted by Gasteiger charge is -2.36. The number of hydrogen-bond donors (Lipinski definition) is 2. The molecule has 1 saturated carbocycles. The highest BCUT2D eigenvalue weighted by Gasteiger charge is 2.40. The minimum atomic E-state index is -1.01. The number of carbonyl (C=O) groups excluding carboxylic acids is 2. The van der Waals surface area contributed by atoms with Crippen molar-refractivity contribution >= 4 is 17.8 Å². The second kappa shape index (κ2) is 8.54. The Morgan fingerprint density at radius 1 is 1.03 bits per heavy atom. The standard InChI is InChI=1S/C25H24N4O4/c30-23(26-14-16-5-4-8-19(13-16)25(32)33)20-15-28-11-12-29(24(31)18-9-10-18)21(22(28)27-20)17-6-2-1-3-7-17/h1-8,13,15,18,21H,9-12,14H2,(H,26,30)(H,32,33). The molecule has 8 nitrogen and oxygen atoms in total. The van der Waals surface area contributed by atoms with Crippen molar-refractivity contribution in [3.05, 3.63) is 89.0 Å². The number of carboxylic acid groups (broad SMARTS) is 1. The summed E-state index contributed by atoms with van der Waals surface area (Å²) in [6.07, 6.45) is 3.59. The Morgan fingerprint density at radius 2 is 1.82 bits per heavy atom. The largest absolute Gasteiger partial charge is 0.478 e. The number of rotatable bonds is 6. The lowest BCUT2D eigenvalue weighted by atomic mass is 10.0. The van der Waals surface area contributed by atoms with Crippen LogP contribution in [0.3, 0.4) is 0 Å². The third-order valence-electron chi connectivity index (χ3n) is 6.13. The van der Waals surface area contributed by atoms with E-state index in [2.05, 4.69) is 10.3 Å². The first-order valence-corrected chi connectivity index (χ1v) is 11.0. The fraction of sp³-hybridized carbons (Fsp3) is 0.280. The molecule has 3 aromatic rings. The van der Waals surface area contributed by atoms with Crippen LogP contribution in [0.25, 0.3) is 0 Å². The van der Waals surface area contributed by atoms with E-state index in [0.29, 0.717) is 24.5 Å². The molecular formula is C25H24N4O4. The molecule has 2 N–H and O–H groups in total. The maximum Gasteiger partial charge on any atom is 0.335 e. The van der Waals surface area contributed by atoms with Crippen LogP contribution in [-0.4, -0.2) is 43.9 Å². The van der Waals surface area contributed by atoms with E-state index in [4.69, 9.17) is 5.11 Å². The number of nitrogens with zero attached hydrogens (tertiary/aromatic N) is 3. The van der Waals surface area contributed by atoms with Gasteiger partial charge < -0.3 is 19.9 Å². The first-order valence-electron chi connectivity index (χ1n) is 11.0. The quantitative estimate of drug-likeness (QED) is 0.608. The number of carbonyl (C=O) groups is 3. The Labute approximate surface area is 190 Å². The van der Waals surface area contributed by atoms with Gasteiger partial charge in [-0.1, -0.05) is 42.5 Å². The minimum absolute atomic E-state index is 0.0991. The Hall–Kier alpha value is -3.94. The zero-order valence-corrected chi connectivity index (χ0v) is 18.0. The van der Waals surface area contributed by atoms with Crippen molar-refractivity contribution < 1.29 is 19.5 Å². The summed E-state index contributed by atoms with van der Waals surface area (Å²) < 4.78 is 1.95. The third-order valence-corrected chi connectivity index (χ3v) is 6.13. The first-order chi connectivity index (χ1) is 16.0. The maximum atomic E-state index is 13.0. The minimum Gasteiger partial charge on any atom is -0.478 e. The summed E-state index contributed by atoms with van der Waals surface area (Å²) in [4.78, 5) is 43.5. The van der Waals surface area contributed by atoms with Gasteiger partial charge in [0.25, 0.3) is 5.91 Å². The van der Waals surface area contributed by atoms with Crippen molar-refractivity contribution in [3.8, 4) is 0 Å². The topological polar surface area (TPSA) is 105 Å². The van der Waals surface area contributed by atoms with Crippen LogP contribution in [0.2, 0.25) is 0 Å². The lowest BCUT2D eigenvalue weighted by molar-refractivity contribution is -0.135. The molecule has 1 fully saturated rings. The molecule has 0 bridgehead atoms. The van der Waals surface area contributed by atoms with E-state index in [-0.39, 0.29) is 41.6 Å². The van der Waals surface area contributed by atoms with Crippen molar-refractivity contribution in [2.45, 2.75) is 32.0 Å². The molecule has 2 heterocycles. The summed E-state index contributed by atoms with van der Waals surface area (Å²) >= 11 is 0. The highest BCUT2D eigenvalue weighted by Crippen LogP contribution is 2.38. The molecular weight excluding hydrogens is 420 g/mol. The van der Waals surface area contributed by atoms with Gasteiger partial charge in [0, 0.05) is 31.7 Å². The molecule has 2 amide bonds. The van der Waals surface area contributed by atoms with Crippen LogP contribution in [-0.2, 0) is 17.9 Å². The van der Waals surface area contributed by atoms with E-state index in [1.165, 1.54) is 12.1 Å². The van der Waals surface area contributed by atoms with Crippen LogP contribution in [0, 0.1) is 5.92 Å². The average molecular weight is 444 g/mol. The van der Waals surface area contributed by atoms with Gasteiger partial charge >= 0.3 is 5.97 Å². The number of aromatic carboxylic acids is 1. The second-order valence-electron chi connectivity index (χ2n) is 8.49. The fourth-order valence-corrected chi connectivity index (χ4v) is 4.27. The molecule has 0 spiro atoms. The lowest BCUT2D eigenvalue weighted by Crippen LogP contribution is -2.43. The highest BCUT2D eigenvalue weighted by molar-refractivity contribution is 5.92. The average Bonchev–Trinajstić information content (AvgIpc) is 3.60. The number of imidazole rings is 1. The number of fused-ring (bicyclic) bond motifs is 1. The second-order valence-corrected chi connectivity index (χ2v) is 8.49. The van der Waals surface area contributed by atoms with Gasteiger partial charge in [-0.2, -0.15) is 0 Å². The molecule has 1 aromatic heterocycles. The van der Waals surface area contributed by atoms with Crippen molar-refractivity contribution in [3.63, 3.8) is 0 Å². The smallest absolute Gasteiger partial charge is 0.335 e. The van der Waals surface area contributed by atoms with Gasteiger partial charge in [0.05, 0.1) is 5.56 Å². The summed E-state index contributed by atoms with van der Waals surface area (Å²) in [5, 5.41) is 12.0. The summed E-state index contributed by atoms with van der Waals surface area (Å²) in [5.74, 6) is -0.421. The van der Waals surface area contributed by atoms with Crippen LogP contribution in [0.15, 0.2) is 60.8 Å². The van der Waals surface area contributed by atoms with Gasteiger partial charge in [-0.15, -0.1) is 0 Å². The van der Waals surface area contributed by atoms with Crippen molar-refractivity contribution in [1.29, 1.82) is 0 Å². The fourth-order valence-electron chi connectivity index (χ4n) is 4.27. The first kappa shape index (κ1) is 20.9. The van der Waals surface area contributed by atoms with E-state index in [1.807, 2.05) is 39.8 Å². The Bertz CT molecular complexity index is 1220. The van der Waals surface area contributed by atoms with E-state index in [0.717, 1.165) is 18.4 Å². The summed E-state index contributed by atoms with van der Waals surface area (Å²) in [7, 11) is 0. The van der Waals surface area contributed by atoms with Gasteiger partial charge in [0.15, 0.2) is 0 Å². The maximum absolute atomic E-state index is 13.0. The number of hydrogen-bond acceptors (Lipinski definition) is 4. The van der Waals surface area contributed by atoms with Gasteiger partial charge in [-0.25, -0.2) is 9.78 Å². The molecule has 33 heavy (non-hydrogen) atoms. The summed E-state index contributed by atoms with van der Waals surface area (Å²) in [6.45, 7) is 1.34. The SMILES string of the molecule is O=C(O)c1cccc(CNC(=O)c2cn3c(n2)C(c2ccccc2)N(C(=O)C2CC2)CC3)c1. The van der Waals surface area contributed by atoms with Crippen LogP contribution in [0.4, 0.5) is 0 Å². The molecule has 8 heteroatoms. The van der Waals surface area contributed by atoms with Gasteiger partial charge in [-0.3, -0.25) is 9.59 Å². The molecule has 168 valence electrons. The number of carboxylic acids is 1. The number of amides is 2. The number of aromatic nitrogens is 2. The molecule has 0 saturated heterocycles.